The molecule has 0 aliphatic heterocycles. The van der Waals surface area contributed by atoms with Gasteiger partial charge in [-0.2, -0.15) is 0 Å². The van der Waals surface area contributed by atoms with Crippen molar-refractivity contribution in [1.82, 2.24) is 0 Å². The van der Waals surface area contributed by atoms with E-state index in [0.29, 0.717) is 34.9 Å². The van der Waals surface area contributed by atoms with E-state index in [2.05, 4.69) is 10.6 Å². The average molecular weight is 450 g/mol. The predicted octanol–water partition coefficient (Wildman–Crippen LogP) is 4.53. The minimum Gasteiger partial charge on any atom is -0.455 e. The number of nitro groups is 1. The molecule has 1 unspecified atom stereocenters. The number of carbonyl (C=O) groups excluding carboxylic acids is 2. The van der Waals surface area contributed by atoms with Gasteiger partial charge in [0, 0.05) is 41.6 Å². The molecule has 10 nitrogen and oxygen atoms in total. The van der Waals surface area contributed by atoms with Gasteiger partial charge in [-0.1, -0.05) is 19.1 Å². The van der Waals surface area contributed by atoms with E-state index in [1.807, 2.05) is 6.92 Å². The van der Waals surface area contributed by atoms with Crippen LogP contribution in [0.15, 0.2) is 72.8 Å². The number of urea groups is 1. The Kier molecular flexibility index (Phi) is 7.43. The van der Waals surface area contributed by atoms with Gasteiger partial charge < -0.3 is 25.8 Å². The molecule has 4 N–H and O–H groups in total. The summed E-state index contributed by atoms with van der Waals surface area (Å²) in [6.07, 6.45) is -0.128. The van der Waals surface area contributed by atoms with E-state index < -0.39 is 23.2 Å². The fourth-order valence-corrected chi connectivity index (χ4v) is 2.82. The lowest BCUT2D eigenvalue weighted by Crippen LogP contribution is -2.23. The summed E-state index contributed by atoms with van der Waals surface area (Å²) in [7, 11) is 0. The first-order chi connectivity index (χ1) is 15.8. The third kappa shape index (κ3) is 6.69. The Bertz CT molecular complexity index is 1150. The molecule has 170 valence electrons. The number of carbonyl (C=O) groups is 2. The highest BCUT2D eigenvalue weighted by molar-refractivity contribution is 5.99. The van der Waals surface area contributed by atoms with Crippen LogP contribution in [0, 0.1) is 10.1 Å². The maximum atomic E-state index is 12.3. The van der Waals surface area contributed by atoms with Crippen molar-refractivity contribution in [3.8, 4) is 11.5 Å². The lowest BCUT2D eigenvalue weighted by Gasteiger charge is -2.20. The molecule has 33 heavy (non-hydrogen) atoms. The van der Waals surface area contributed by atoms with E-state index in [0.717, 1.165) is 0 Å². The highest BCUT2D eigenvalue weighted by atomic mass is 16.7. The van der Waals surface area contributed by atoms with E-state index in [9.17, 15) is 19.7 Å². The number of amides is 3. The number of primary amides is 1. The Labute approximate surface area is 189 Å². The van der Waals surface area contributed by atoms with Gasteiger partial charge in [0.15, 0.2) is 0 Å². The lowest BCUT2D eigenvalue weighted by atomic mass is 10.2. The van der Waals surface area contributed by atoms with Crippen LogP contribution < -0.4 is 25.8 Å². The van der Waals surface area contributed by atoms with Gasteiger partial charge in [0.25, 0.3) is 5.69 Å². The van der Waals surface area contributed by atoms with Gasteiger partial charge in [0.05, 0.1) is 4.92 Å². The number of anilines is 2. The molecule has 0 radical (unpaired) electrons. The van der Waals surface area contributed by atoms with Crippen LogP contribution in [-0.4, -0.2) is 23.2 Å². The number of non-ortho nitro benzene ring substituents is 1. The van der Waals surface area contributed by atoms with Gasteiger partial charge in [-0.3, -0.25) is 14.9 Å². The minimum atomic E-state index is -0.641. The zero-order valence-electron chi connectivity index (χ0n) is 17.7. The molecule has 3 amide bonds. The minimum absolute atomic E-state index is 0.0696. The van der Waals surface area contributed by atoms with Crippen LogP contribution in [0.25, 0.3) is 0 Å². The largest absolute Gasteiger partial charge is 0.455 e. The number of nitro benzene ring substituents is 1. The van der Waals surface area contributed by atoms with Crippen LogP contribution in [0.3, 0.4) is 0 Å². The molecule has 0 bridgehead atoms. The molecule has 10 heteroatoms. The number of nitrogens with two attached hydrogens (primary N) is 1. The second-order valence-electron chi connectivity index (χ2n) is 6.88. The molecule has 3 aromatic rings. The molecular formula is C23H22N4O6. The molecule has 0 aliphatic rings. The summed E-state index contributed by atoms with van der Waals surface area (Å²) in [6.45, 7) is 1.88. The first kappa shape index (κ1) is 23.1. The van der Waals surface area contributed by atoms with Crippen molar-refractivity contribution in [1.29, 1.82) is 0 Å². The number of rotatable bonds is 9. The van der Waals surface area contributed by atoms with E-state index in [1.165, 1.54) is 30.3 Å². The average Bonchev–Trinajstić information content (AvgIpc) is 2.79. The molecule has 0 heterocycles. The summed E-state index contributed by atoms with van der Waals surface area (Å²) in [5.74, 6) is 0.344. The number of hydrogen-bond acceptors (Lipinski definition) is 6. The number of benzene rings is 3. The van der Waals surface area contributed by atoms with Crippen LogP contribution in [-0.2, 0) is 0 Å². The Balaban J connectivity index is 1.61. The fraction of sp³-hybridized carbons (Fsp3) is 0.130. The topological polar surface area (TPSA) is 146 Å². The summed E-state index contributed by atoms with van der Waals surface area (Å²) in [5, 5.41) is 16.0. The number of nitrogens with zero attached hydrogens (tertiary/aromatic N) is 1. The van der Waals surface area contributed by atoms with Crippen molar-refractivity contribution in [3.63, 3.8) is 0 Å². The number of ether oxygens (including phenoxy) is 2. The summed E-state index contributed by atoms with van der Waals surface area (Å²) in [6, 6.07) is 18.2. The number of hydrogen-bond donors (Lipinski definition) is 3. The van der Waals surface area contributed by atoms with Crippen molar-refractivity contribution in [2.24, 2.45) is 5.73 Å². The second kappa shape index (κ2) is 10.6. The van der Waals surface area contributed by atoms with E-state index >= 15 is 0 Å². The zero-order valence-corrected chi connectivity index (χ0v) is 17.7. The molecule has 3 aromatic carbocycles. The van der Waals surface area contributed by atoms with Gasteiger partial charge in [-0.25, -0.2) is 4.79 Å². The lowest BCUT2D eigenvalue weighted by molar-refractivity contribution is -0.384. The number of nitrogens with one attached hydrogen (secondary N) is 2. The van der Waals surface area contributed by atoms with Crippen molar-refractivity contribution < 1.29 is 24.0 Å². The van der Waals surface area contributed by atoms with Gasteiger partial charge in [-0.15, -0.1) is 0 Å². The van der Waals surface area contributed by atoms with Crippen LogP contribution in [0.2, 0.25) is 0 Å². The fourth-order valence-electron chi connectivity index (χ4n) is 2.82. The zero-order chi connectivity index (χ0) is 23.8. The van der Waals surface area contributed by atoms with Gasteiger partial charge in [0.1, 0.15) is 11.5 Å². The van der Waals surface area contributed by atoms with Crippen LogP contribution in [0.5, 0.6) is 11.5 Å². The maximum Gasteiger partial charge on any atom is 0.323 e. The molecule has 0 aliphatic carbocycles. The smallest absolute Gasteiger partial charge is 0.323 e. The Morgan fingerprint density at radius 3 is 2.15 bits per heavy atom. The van der Waals surface area contributed by atoms with E-state index in [4.69, 9.17) is 15.2 Å². The Morgan fingerprint density at radius 2 is 1.55 bits per heavy atom. The summed E-state index contributed by atoms with van der Waals surface area (Å²) in [5.41, 5.74) is 6.43. The molecule has 0 saturated carbocycles. The third-order valence-electron chi connectivity index (χ3n) is 4.41. The Morgan fingerprint density at radius 1 is 0.939 bits per heavy atom. The summed E-state index contributed by atoms with van der Waals surface area (Å²) in [4.78, 5) is 33.8. The van der Waals surface area contributed by atoms with Gasteiger partial charge >= 0.3 is 6.03 Å². The first-order valence-electron chi connectivity index (χ1n) is 9.99. The third-order valence-corrected chi connectivity index (χ3v) is 4.41. The van der Waals surface area contributed by atoms with Crippen LogP contribution in [0.1, 0.15) is 23.7 Å². The molecule has 0 saturated heterocycles. The molecule has 0 aromatic heterocycles. The van der Waals surface area contributed by atoms with Crippen molar-refractivity contribution in [3.05, 3.63) is 88.5 Å². The van der Waals surface area contributed by atoms with E-state index in [-0.39, 0.29) is 5.69 Å². The second-order valence-corrected chi connectivity index (χ2v) is 6.88. The van der Waals surface area contributed by atoms with Crippen molar-refractivity contribution in [2.75, 3.05) is 10.6 Å². The monoisotopic (exact) mass is 450 g/mol. The molecule has 0 fully saturated rings. The predicted molar refractivity (Wildman–Crippen MR) is 122 cm³/mol. The molecular weight excluding hydrogens is 428 g/mol. The van der Waals surface area contributed by atoms with Gasteiger partial charge in [0.2, 0.25) is 12.2 Å². The van der Waals surface area contributed by atoms with Gasteiger partial charge in [-0.05, 0) is 42.5 Å². The standard InChI is InChI=1S/C23H22N4O6/c1-2-21(32-19-7-3-5-15(13-19)22(24)28)33-20-8-4-6-17(14-20)26-23(29)25-16-9-11-18(12-10-16)27(30)31/h3-14,21H,2H2,1H3,(H2,24,28)(H2,25,26,29). The van der Waals surface area contributed by atoms with Crippen LogP contribution in [0.4, 0.5) is 21.9 Å². The quantitative estimate of drug-likeness (QED) is 0.248. The highest BCUT2D eigenvalue weighted by Gasteiger charge is 2.13. The molecule has 1 atom stereocenters. The van der Waals surface area contributed by atoms with Crippen molar-refractivity contribution >= 4 is 29.0 Å². The molecule has 0 spiro atoms. The summed E-state index contributed by atoms with van der Waals surface area (Å²) < 4.78 is 11.7. The van der Waals surface area contributed by atoms with Crippen LogP contribution >= 0.6 is 0 Å². The Hall–Kier alpha value is -4.60. The normalized spacial score (nSPS) is 11.2. The summed E-state index contributed by atoms with van der Waals surface area (Å²) >= 11 is 0. The molecule has 3 rings (SSSR count). The highest BCUT2D eigenvalue weighted by Crippen LogP contribution is 2.22. The van der Waals surface area contributed by atoms with E-state index in [1.54, 1.807) is 42.5 Å². The maximum absolute atomic E-state index is 12.3. The van der Waals surface area contributed by atoms with Crippen molar-refractivity contribution in [2.45, 2.75) is 19.6 Å². The first-order valence-corrected chi connectivity index (χ1v) is 9.99. The SMILES string of the molecule is CCC(Oc1cccc(NC(=O)Nc2ccc([N+](=O)[O-])cc2)c1)Oc1cccc(C(N)=O)c1.